The molecule has 8 nitrogen and oxygen atoms in total. The summed E-state index contributed by atoms with van der Waals surface area (Å²) in [7, 11) is 0. The molecule has 0 fully saturated rings. The number of para-hydroxylation sites is 1. The van der Waals surface area contributed by atoms with Crippen molar-refractivity contribution in [3.8, 4) is 23.2 Å². The van der Waals surface area contributed by atoms with Crippen molar-refractivity contribution in [3.05, 3.63) is 84.0 Å². The summed E-state index contributed by atoms with van der Waals surface area (Å²) in [6.07, 6.45) is 1.71. The second-order valence-electron chi connectivity index (χ2n) is 7.29. The Labute approximate surface area is 190 Å². The van der Waals surface area contributed by atoms with E-state index in [2.05, 4.69) is 20.3 Å². The van der Waals surface area contributed by atoms with Crippen molar-refractivity contribution >= 4 is 11.6 Å². The third-order valence-corrected chi connectivity index (χ3v) is 4.86. The van der Waals surface area contributed by atoms with E-state index < -0.39 is 11.7 Å². The second-order valence-corrected chi connectivity index (χ2v) is 7.29. The van der Waals surface area contributed by atoms with Gasteiger partial charge in [-0.25, -0.2) is 14.4 Å². The van der Waals surface area contributed by atoms with Crippen molar-refractivity contribution in [2.75, 3.05) is 11.9 Å². The Bertz CT molecular complexity index is 1290. The number of benzene rings is 2. The molecule has 0 aliphatic carbocycles. The maximum atomic E-state index is 13.6. The lowest BCUT2D eigenvalue weighted by Crippen LogP contribution is -2.20. The van der Waals surface area contributed by atoms with E-state index in [0.29, 0.717) is 29.0 Å². The van der Waals surface area contributed by atoms with Gasteiger partial charge in [-0.15, -0.1) is 0 Å². The summed E-state index contributed by atoms with van der Waals surface area (Å²) in [5, 5.41) is 2.69. The van der Waals surface area contributed by atoms with Gasteiger partial charge in [0.15, 0.2) is 18.2 Å². The van der Waals surface area contributed by atoms with Crippen molar-refractivity contribution in [2.45, 2.75) is 20.8 Å². The van der Waals surface area contributed by atoms with E-state index in [0.717, 1.165) is 11.4 Å². The maximum absolute atomic E-state index is 13.6. The number of anilines is 1. The van der Waals surface area contributed by atoms with Gasteiger partial charge < -0.3 is 14.8 Å². The van der Waals surface area contributed by atoms with Crippen LogP contribution in [0.2, 0.25) is 0 Å². The number of nitrogens with one attached hydrogen (secondary N) is 1. The third kappa shape index (κ3) is 5.32. The van der Waals surface area contributed by atoms with Crippen molar-refractivity contribution in [2.24, 2.45) is 0 Å². The predicted molar refractivity (Wildman–Crippen MR) is 120 cm³/mol. The van der Waals surface area contributed by atoms with Crippen LogP contribution in [0.1, 0.15) is 17.2 Å². The minimum Gasteiger partial charge on any atom is -0.481 e. The van der Waals surface area contributed by atoms with Crippen LogP contribution in [0.3, 0.4) is 0 Å². The Kier molecular flexibility index (Phi) is 6.30. The molecule has 9 heteroatoms. The van der Waals surface area contributed by atoms with Crippen LogP contribution in [0, 0.1) is 26.6 Å². The lowest BCUT2D eigenvalue weighted by molar-refractivity contribution is -0.118. The molecule has 0 aliphatic heterocycles. The van der Waals surface area contributed by atoms with E-state index in [1.165, 1.54) is 12.1 Å². The Balaban J connectivity index is 1.39. The first-order chi connectivity index (χ1) is 15.9. The van der Waals surface area contributed by atoms with Crippen molar-refractivity contribution in [3.63, 3.8) is 0 Å². The van der Waals surface area contributed by atoms with E-state index in [1.54, 1.807) is 55.7 Å². The highest BCUT2D eigenvalue weighted by Crippen LogP contribution is 2.24. The molecular formula is C24H22FN5O3. The molecule has 4 aromatic rings. The SMILES string of the molecule is Cc1nc(Oc2ccc(NC(=O)COc3ccccc3F)cc2)cc(-n2cnc(C)c2C)n1. The first-order valence-corrected chi connectivity index (χ1v) is 10.2. The van der Waals surface area contributed by atoms with E-state index in [1.807, 2.05) is 18.4 Å². The first kappa shape index (κ1) is 21.9. The fourth-order valence-electron chi connectivity index (χ4n) is 3.06. The molecule has 0 radical (unpaired) electrons. The molecule has 0 aliphatic rings. The van der Waals surface area contributed by atoms with E-state index in [9.17, 15) is 9.18 Å². The number of halogens is 1. The van der Waals surface area contributed by atoms with Gasteiger partial charge in [0.05, 0.1) is 5.69 Å². The average Bonchev–Trinajstić information content (AvgIpc) is 3.12. The molecule has 2 heterocycles. The molecular weight excluding hydrogens is 425 g/mol. The summed E-state index contributed by atoms with van der Waals surface area (Å²) in [5.41, 5.74) is 2.46. The van der Waals surface area contributed by atoms with Gasteiger partial charge in [0.25, 0.3) is 5.91 Å². The number of hydrogen-bond donors (Lipinski definition) is 1. The van der Waals surface area contributed by atoms with Crippen molar-refractivity contribution in [1.82, 2.24) is 19.5 Å². The number of nitrogens with zero attached hydrogens (tertiary/aromatic N) is 4. The zero-order valence-electron chi connectivity index (χ0n) is 18.4. The Morgan fingerprint density at radius 3 is 2.52 bits per heavy atom. The molecule has 0 saturated heterocycles. The maximum Gasteiger partial charge on any atom is 0.262 e. The largest absolute Gasteiger partial charge is 0.481 e. The van der Waals surface area contributed by atoms with Crippen LogP contribution < -0.4 is 14.8 Å². The molecule has 1 N–H and O–H groups in total. The topological polar surface area (TPSA) is 91.2 Å². The van der Waals surface area contributed by atoms with E-state index in [4.69, 9.17) is 9.47 Å². The fraction of sp³-hybridized carbons (Fsp3) is 0.167. The van der Waals surface area contributed by atoms with Gasteiger partial charge in [-0.05, 0) is 57.2 Å². The summed E-state index contributed by atoms with van der Waals surface area (Å²) in [6.45, 7) is 5.38. The summed E-state index contributed by atoms with van der Waals surface area (Å²) in [6, 6.07) is 14.4. The number of hydrogen-bond acceptors (Lipinski definition) is 6. The van der Waals surface area contributed by atoms with Gasteiger partial charge >= 0.3 is 0 Å². The van der Waals surface area contributed by atoms with Crippen molar-refractivity contribution < 1.29 is 18.7 Å². The minimum absolute atomic E-state index is 0.0250. The minimum atomic E-state index is -0.520. The quantitative estimate of drug-likeness (QED) is 0.447. The highest BCUT2D eigenvalue weighted by Gasteiger charge is 2.11. The number of imidazole rings is 1. The molecule has 0 bridgehead atoms. The van der Waals surface area contributed by atoms with Crippen molar-refractivity contribution in [1.29, 1.82) is 0 Å². The Morgan fingerprint density at radius 1 is 1.06 bits per heavy atom. The normalized spacial score (nSPS) is 10.7. The third-order valence-electron chi connectivity index (χ3n) is 4.86. The number of amides is 1. The highest BCUT2D eigenvalue weighted by atomic mass is 19.1. The van der Waals surface area contributed by atoms with Gasteiger partial charge in [0.1, 0.15) is 23.7 Å². The second kappa shape index (κ2) is 9.47. The van der Waals surface area contributed by atoms with Crippen LogP contribution in [0.5, 0.6) is 17.4 Å². The summed E-state index contributed by atoms with van der Waals surface area (Å²) in [4.78, 5) is 25.2. The number of ether oxygens (including phenoxy) is 2. The van der Waals surface area contributed by atoms with Gasteiger partial charge in [-0.3, -0.25) is 9.36 Å². The molecule has 2 aromatic heterocycles. The van der Waals surface area contributed by atoms with E-state index >= 15 is 0 Å². The van der Waals surface area contributed by atoms with Crippen LogP contribution in [0.25, 0.3) is 5.82 Å². The molecule has 0 saturated carbocycles. The molecule has 2 aromatic carbocycles. The molecule has 1 amide bonds. The molecule has 33 heavy (non-hydrogen) atoms. The van der Waals surface area contributed by atoms with Gasteiger partial charge in [-0.1, -0.05) is 12.1 Å². The number of aromatic nitrogens is 4. The smallest absolute Gasteiger partial charge is 0.262 e. The standard InChI is InChI=1S/C24H22FN5O3/c1-15-16(2)30(14-26-15)22-12-24(28-17(3)27-22)33-19-10-8-18(9-11-19)29-23(31)13-32-21-7-5-4-6-20(21)25/h4-12,14H,13H2,1-3H3,(H,29,31). The molecule has 4 rings (SSSR count). The first-order valence-electron chi connectivity index (χ1n) is 10.2. The van der Waals surface area contributed by atoms with Gasteiger partial charge in [0, 0.05) is 17.4 Å². The summed E-state index contributed by atoms with van der Waals surface area (Å²) >= 11 is 0. The van der Waals surface area contributed by atoms with Crippen LogP contribution in [0.4, 0.5) is 10.1 Å². The van der Waals surface area contributed by atoms with E-state index in [-0.39, 0.29) is 12.4 Å². The monoisotopic (exact) mass is 447 g/mol. The zero-order chi connectivity index (χ0) is 23.4. The van der Waals surface area contributed by atoms with Gasteiger partial charge in [0.2, 0.25) is 5.88 Å². The zero-order valence-corrected chi connectivity index (χ0v) is 18.4. The molecule has 0 spiro atoms. The number of rotatable bonds is 7. The summed E-state index contributed by atoms with van der Waals surface area (Å²) in [5.74, 6) is 1.25. The molecule has 0 unspecified atom stereocenters. The molecule has 168 valence electrons. The predicted octanol–water partition coefficient (Wildman–Crippen LogP) is 4.54. The summed E-state index contributed by atoms with van der Waals surface area (Å²) < 4.78 is 26.5. The van der Waals surface area contributed by atoms with Crippen LogP contribution in [-0.4, -0.2) is 32.0 Å². The number of carbonyl (C=O) groups excluding carboxylic acids is 1. The lowest BCUT2D eigenvalue weighted by Gasteiger charge is -2.11. The lowest BCUT2D eigenvalue weighted by atomic mass is 10.3. The van der Waals surface area contributed by atoms with Crippen LogP contribution >= 0.6 is 0 Å². The van der Waals surface area contributed by atoms with Crippen LogP contribution in [-0.2, 0) is 4.79 Å². The Morgan fingerprint density at radius 2 is 1.82 bits per heavy atom. The molecule has 0 atom stereocenters. The van der Waals surface area contributed by atoms with Gasteiger partial charge in [-0.2, -0.15) is 4.98 Å². The average molecular weight is 447 g/mol. The Hall–Kier alpha value is -4.27. The number of aryl methyl sites for hydroxylation is 2. The van der Waals surface area contributed by atoms with Crippen LogP contribution in [0.15, 0.2) is 60.9 Å². The fourth-order valence-corrected chi connectivity index (χ4v) is 3.06. The highest BCUT2D eigenvalue weighted by molar-refractivity contribution is 5.91. The number of carbonyl (C=O) groups is 1.